The lowest BCUT2D eigenvalue weighted by molar-refractivity contribution is -0.114. The second kappa shape index (κ2) is 7.57. The quantitative estimate of drug-likeness (QED) is 0.434. The van der Waals surface area contributed by atoms with Gasteiger partial charge in [0.15, 0.2) is 5.76 Å². The minimum Gasteiger partial charge on any atom is -0.460 e. The minimum absolute atomic E-state index is 0.169. The van der Waals surface area contributed by atoms with E-state index in [4.69, 9.17) is 9.52 Å². The van der Waals surface area contributed by atoms with E-state index in [0.717, 1.165) is 22.7 Å². The van der Waals surface area contributed by atoms with Crippen LogP contribution in [-0.2, 0) is 4.79 Å². The van der Waals surface area contributed by atoms with Crippen molar-refractivity contribution >= 4 is 23.4 Å². The molecule has 0 fully saturated rings. The van der Waals surface area contributed by atoms with Gasteiger partial charge in [-0.15, -0.1) is 0 Å². The number of nitrogens with zero attached hydrogens (tertiary/aromatic N) is 4. The van der Waals surface area contributed by atoms with Gasteiger partial charge in [-0.3, -0.25) is 4.79 Å². The van der Waals surface area contributed by atoms with Crippen LogP contribution in [0.25, 0.3) is 23.2 Å². The summed E-state index contributed by atoms with van der Waals surface area (Å²) >= 11 is 0. The highest BCUT2D eigenvalue weighted by atomic mass is 16.3. The number of carbonyl (C=O) groups is 1. The molecule has 31 heavy (non-hydrogen) atoms. The SMILES string of the molecule is CC1=NN(c2ccccc2)C(=O)C1=Cc1cn(-c2ccccc2)nc1-c1ccc(C)o1. The van der Waals surface area contributed by atoms with Crippen molar-refractivity contribution in [1.29, 1.82) is 0 Å². The first-order valence-electron chi connectivity index (χ1n) is 9.99. The third-order valence-electron chi connectivity index (χ3n) is 5.10. The first-order chi connectivity index (χ1) is 15.1. The van der Waals surface area contributed by atoms with E-state index in [9.17, 15) is 4.79 Å². The van der Waals surface area contributed by atoms with Gasteiger partial charge in [0, 0.05) is 11.8 Å². The Balaban J connectivity index is 1.60. The largest absolute Gasteiger partial charge is 0.460 e. The normalized spacial score (nSPS) is 15.0. The maximum absolute atomic E-state index is 13.1. The summed E-state index contributed by atoms with van der Waals surface area (Å²) in [5, 5.41) is 10.6. The molecule has 6 nitrogen and oxygen atoms in total. The molecule has 2 aromatic heterocycles. The first-order valence-corrected chi connectivity index (χ1v) is 9.99. The summed E-state index contributed by atoms with van der Waals surface area (Å²) in [7, 11) is 0. The van der Waals surface area contributed by atoms with Gasteiger partial charge in [0.25, 0.3) is 5.91 Å². The zero-order valence-electron chi connectivity index (χ0n) is 17.2. The van der Waals surface area contributed by atoms with Crippen molar-refractivity contribution in [3.8, 4) is 17.1 Å². The summed E-state index contributed by atoms with van der Waals surface area (Å²) in [6.07, 6.45) is 3.74. The van der Waals surface area contributed by atoms with E-state index >= 15 is 0 Å². The highest BCUT2D eigenvalue weighted by molar-refractivity contribution is 6.32. The number of rotatable bonds is 4. The van der Waals surface area contributed by atoms with Crippen LogP contribution < -0.4 is 5.01 Å². The summed E-state index contributed by atoms with van der Waals surface area (Å²) in [4.78, 5) is 13.1. The number of furan rings is 1. The van der Waals surface area contributed by atoms with Gasteiger partial charge in [-0.2, -0.15) is 15.2 Å². The second-order valence-corrected chi connectivity index (χ2v) is 7.32. The van der Waals surface area contributed by atoms with E-state index < -0.39 is 0 Å². The molecular weight excluding hydrogens is 388 g/mol. The average Bonchev–Trinajstić information content (AvgIpc) is 3.49. The number of hydrogen-bond donors (Lipinski definition) is 0. The number of anilines is 1. The van der Waals surface area contributed by atoms with Crippen LogP contribution in [0.1, 0.15) is 18.2 Å². The van der Waals surface area contributed by atoms with Crippen molar-refractivity contribution in [2.45, 2.75) is 13.8 Å². The molecule has 2 aromatic carbocycles. The molecule has 0 saturated carbocycles. The van der Waals surface area contributed by atoms with Gasteiger partial charge in [0.05, 0.1) is 22.7 Å². The number of hydrazone groups is 1. The number of aromatic nitrogens is 2. The van der Waals surface area contributed by atoms with Crippen LogP contribution in [0.4, 0.5) is 5.69 Å². The van der Waals surface area contributed by atoms with E-state index in [1.807, 2.05) is 98.9 Å². The van der Waals surface area contributed by atoms with E-state index in [1.165, 1.54) is 5.01 Å². The summed E-state index contributed by atoms with van der Waals surface area (Å²) in [6.45, 7) is 3.73. The van der Waals surface area contributed by atoms with Crippen molar-refractivity contribution in [2.75, 3.05) is 5.01 Å². The number of benzene rings is 2. The Bertz CT molecular complexity index is 1310. The molecule has 6 heteroatoms. The number of para-hydroxylation sites is 2. The third kappa shape index (κ3) is 3.48. The van der Waals surface area contributed by atoms with E-state index in [0.29, 0.717) is 22.7 Å². The lowest BCUT2D eigenvalue weighted by atomic mass is 10.1. The third-order valence-corrected chi connectivity index (χ3v) is 5.10. The molecule has 3 heterocycles. The summed E-state index contributed by atoms with van der Waals surface area (Å²) in [5.41, 5.74) is 4.29. The van der Waals surface area contributed by atoms with Crippen molar-refractivity contribution in [1.82, 2.24) is 9.78 Å². The van der Waals surface area contributed by atoms with Crippen molar-refractivity contribution in [2.24, 2.45) is 5.10 Å². The molecule has 0 aliphatic carbocycles. The standard InChI is InChI=1S/C25H20N4O2/c1-17-13-14-23(31-17)24-19(16-28(27-24)20-9-5-3-6-10-20)15-22-18(2)26-29(25(22)30)21-11-7-4-8-12-21/h3-16H,1-2H3. The average molecular weight is 408 g/mol. The number of amides is 1. The molecule has 0 atom stereocenters. The Labute approximate surface area is 179 Å². The van der Waals surface area contributed by atoms with Crippen molar-refractivity contribution in [3.63, 3.8) is 0 Å². The fourth-order valence-electron chi connectivity index (χ4n) is 3.54. The molecule has 0 unspecified atom stereocenters. The fraction of sp³-hybridized carbons (Fsp3) is 0.0800. The maximum Gasteiger partial charge on any atom is 0.280 e. The zero-order valence-corrected chi connectivity index (χ0v) is 17.2. The molecule has 1 aliphatic rings. The van der Waals surface area contributed by atoms with Crippen LogP contribution in [0, 0.1) is 6.92 Å². The van der Waals surface area contributed by atoms with Crippen molar-refractivity contribution < 1.29 is 9.21 Å². The van der Waals surface area contributed by atoms with Crippen LogP contribution in [0.5, 0.6) is 0 Å². The molecule has 1 amide bonds. The molecule has 152 valence electrons. The number of hydrogen-bond acceptors (Lipinski definition) is 4. The van der Waals surface area contributed by atoms with Crippen LogP contribution in [0.15, 0.2) is 94.1 Å². The van der Waals surface area contributed by atoms with Gasteiger partial charge < -0.3 is 4.42 Å². The lowest BCUT2D eigenvalue weighted by Crippen LogP contribution is -2.21. The summed E-state index contributed by atoms with van der Waals surface area (Å²) in [6, 6.07) is 23.0. The Hall–Kier alpha value is -4.19. The molecule has 0 spiro atoms. The minimum atomic E-state index is -0.169. The predicted octanol–water partition coefficient (Wildman–Crippen LogP) is 5.25. The maximum atomic E-state index is 13.1. The summed E-state index contributed by atoms with van der Waals surface area (Å²) < 4.78 is 7.63. The highest BCUT2D eigenvalue weighted by Gasteiger charge is 2.29. The Morgan fingerprint density at radius 3 is 2.19 bits per heavy atom. The lowest BCUT2D eigenvalue weighted by Gasteiger charge is -2.10. The van der Waals surface area contributed by atoms with Crippen LogP contribution in [0.3, 0.4) is 0 Å². The number of carbonyl (C=O) groups excluding carboxylic acids is 1. The Kier molecular flexibility index (Phi) is 4.59. The second-order valence-electron chi connectivity index (χ2n) is 7.32. The predicted molar refractivity (Wildman–Crippen MR) is 121 cm³/mol. The molecule has 0 N–H and O–H groups in total. The van der Waals surface area contributed by atoms with Gasteiger partial charge in [-0.25, -0.2) is 4.68 Å². The van der Waals surface area contributed by atoms with Gasteiger partial charge in [-0.05, 0) is 56.3 Å². The van der Waals surface area contributed by atoms with Gasteiger partial charge >= 0.3 is 0 Å². The van der Waals surface area contributed by atoms with E-state index in [2.05, 4.69) is 5.10 Å². The van der Waals surface area contributed by atoms with Gasteiger partial charge in [0.2, 0.25) is 0 Å². The molecule has 0 radical (unpaired) electrons. The molecule has 1 aliphatic heterocycles. The van der Waals surface area contributed by atoms with E-state index in [-0.39, 0.29) is 5.91 Å². The van der Waals surface area contributed by atoms with Crippen LogP contribution in [0.2, 0.25) is 0 Å². The molecule has 4 aromatic rings. The topological polar surface area (TPSA) is 63.6 Å². The van der Waals surface area contributed by atoms with Gasteiger partial charge in [0.1, 0.15) is 11.5 Å². The zero-order chi connectivity index (χ0) is 21.4. The van der Waals surface area contributed by atoms with Gasteiger partial charge in [-0.1, -0.05) is 36.4 Å². The molecular formula is C25H20N4O2. The van der Waals surface area contributed by atoms with Crippen LogP contribution in [-0.4, -0.2) is 21.4 Å². The van der Waals surface area contributed by atoms with Crippen LogP contribution >= 0.6 is 0 Å². The Morgan fingerprint density at radius 2 is 1.55 bits per heavy atom. The number of aryl methyl sites for hydroxylation is 1. The molecule has 5 rings (SSSR count). The van der Waals surface area contributed by atoms with E-state index in [1.54, 1.807) is 4.68 Å². The monoisotopic (exact) mass is 408 g/mol. The van der Waals surface area contributed by atoms with Crippen molar-refractivity contribution in [3.05, 3.63) is 95.9 Å². The summed E-state index contributed by atoms with van der Waals surface area (Å²) in [5.74, 6) is 1.28. The molecule has 0 bridgehead atoms. The highest BCUT2D eigenvalue weighted by Crippen LogP contribution is 2.30. The Morgan fingerprint density at radius 1 is 0.871 bits per heavy atom. The molecule has 0 saturated heterocycles. The fourth-order valence-corrected chi connectivity index (χ4v) is 3.54. The first kappa shape index (κ1) is 18.8. The smallest absolute Gasteiger partial charge is 0.280 e.